The fourth-order valence-corrected chi connectivity index (χ4v) is 11.4. The molecule has 0 N–H and O–H groups in total. The number of Topliss-reactive ketones (excluding diaryl/α,β-unsaturated/α-hetero) is 3. The molecule has 0 bridgehead atoms. The van der Waals surface area contributed by atoms with Crippen LogP contribution in [0.1, 0.15) is 138 Å². The van der Waals surface area contributed by atoms with Crippen LogP contribution in [0.2, 0.25) is 0 Å². The van der Waals surface area contributed by atoms with Crippen LogP contribution >= 0.6 is 0 Å². The molecule has 0 aliphatic carbocycles. The summed E-state index contributed by atoms with van der Waals surface area (Å²) in [5.74, 6) is -6.07. The van der Waals surface area contributed by atoms with Crippen molar-refractivity contribution < 1.29 is 108 Å². The predicted octanol–water partition coefficient (Wildman–Crippen LogP) is 25.2. The summed E-state index contributed by atoms with van der Waals surface area (Å²) in [4.78, 5) is 37.3. The highest BCUT2D eigenvalue weighted by Gasteiger charge is 2.36. The molecule has 0 aromatic heterocycles. The fourth-order valence-electron chi connectivity index (χ4n) is 11.4. The van der Waals surface area contributed by atoms with Gasteiger partial charge in [0.15, 0.2) is 29.0 Å². The molecule has 0 amide bonds. The van der Waals surface area contributed by atoms with Crippen molar-refractivity contribution in [3.05, 3.63) is 238 Å². The molecular weight excluding hydrogens is 1400 g/mol. The second-order valence-electron chi connectivity index (χ2n) is 26.1. The number of methoxy groups -OCH3 is 2. The van der Waals surface area contributed by atoms with E-state index in [1.54, 1.807) is 36.4 Å². The van der Waals surface area contributed by atoms with E-state index < -0.39 is 88.0 Å². The highest BCUT2D eigenvalue weighted by molar-refractivity contribution is 5.86. The average molecular weight is 1480 g/mol. The van der Waals surface area contributed by atoms with Crippen LogP contribution in [0.4, 0.5) is 70.2 Å². The molecule has 0 aliphatic rings. The van der Waals surface area contributed by atoms with E-state index in [1.807, 2.05) is 41.5 Å². The summed E-state index contributed by atoms with van der Waals surface area (Å²) in [6, 6.07) is 37.1. The van der Waals surface area contributed by atoms with Crippen LogP contribution in [0.15, 0.2) is 176 Å². The average Bonchev–Trinajstić information content (AvgIpc) is 0.812. The van der Waals surface area contributed by atoms with Crippen LogP contribution in [0.25, 0.3) is 33.4 Å². The summed E-state index contributed by atoms with van der Waals surface area (Å²) in [6.07, 6.45) is -16.5. The Bertz CT molecular complexity index is 4460. The quantitative estimate of drug-likeness (QED) is 0.0461. The predicted molar refractivity (Wildman–Crippen MR) is 367 cm³/mol. The summed E-state index contributed by atoms with van der Waals surface area (Å²) in [5.41, 5.74) is 1.29. The number of ketones is 3. The van der Waals surface area contributed by atoms with Gasteiger partial charge in [-0.2, -0.15) is 52.7 Å². The molecule has 8 nitrogen and oxygen atoms in total. The normalized spacial score (nSPS) is 12.7. The lowest BCUT2D eigenvalue weighted by Crippen LogP contribution is -2.12. The van der Waals surface area contributed by atoms with Gasteiger partial charge in [0, 0.05) is 36.0 Å². The van der Waals surface area contributed by atoms with Crippen molar-refractivity contribution >= 4 is 17.3 Å². The molecule has 0 heterocycles. The molecule has 24 heteroatoms. The summed E-state index contributed by atoms with van der Waals surface area (Å²) < 4.78 is 239. The topological polar surface area (TPSA) is 97.4 Å². The van der Waals surface area contributed by atoms with E-state index in [4.69, 9.17) is 23.7 Å². The van der Waals surface area contributed by atoms with Gasteiger partial charge in [-0.1, -0.05) is 96.1 Å². The standard InChI is InChI=1S/C28H26F6O3.C27H26F4O3.C26H22F6O2/c1-16(2)11-24(17(3)35)20-12-19(18-5-7-21(8-6-18)27(29,30)31)13-23(14-20)37-22-9-10-26(36-4)25(15-22)28(32,33)34;1-16(2)11-24(17(3)32)20-12-19(18-5-7-21(8-6-18)27(29,30)31)13-23(14-20)34-22-9-10-25(28)26(15-22)33-4;1-14(2)8-22(15(3)33)18-9-17(16-4-6-19(7-5-16)26(30,31)32)10-20(11-18)34-21-12-23(27)25(29)24(28)13-21/h5-10,12-16,24H,11H2,1-4H3;5-10,12-16,24H,11H2,1-4H3;4-7,9-14,22H,8H2,1-3H3. The largest absolute Gasteiger partial charge is 0.496 e. The molecule has 0 saturated heterocycles. The highest BCUT2D eigenvalue weighted by Crippen LogP contribution is 2.44. The molecule has 0 fully saturated rings. The van der Waals surface area contributed by atoms with Gasteiger partial charge in [0.1, 0.15) is 63.2 Å². The van der Waals surface area contributed by atoms with Gasteiger partial charge < -0.3 is 23.7 Å². The zero-order valence-corrected chi connectivity index (χ0v) is 58.6. The zero-order chi connectivity index (χ0) is 77.8. The molecule has 3 atom stereocenters. The molecule has 0 saturated carbocycles. The van der Waals surface area contributed by atoms with E-state index in [2.05, 4.69) is 0 Å². The minimum absolute atomic E-state index is 0.0121. The van der Waals surface area contributed by atoms with Gasteiger partial charge >= 0.3 is 24.7 Å². The lowest BCUT2D eigenvalue weighted by Gasteiger charge is -2.20. The highest BCUT2D eigenvalue weighted by atomic mass is 19.4. The lowest BCUT2D eigenvalue weighted by atomic mass is 9.86. The first-order valence-electron chi connectivity index (χ1n) is 32.8. The van der Waals surface area contributed by atoms with Crippen LogP contribution in [-0.2, 0) is 39.1 Å². The second-order valence-corrected chi connectivity index (χ2v) is 26.1. The molecule has 105 heavy (non-hydrogen) atoms. The first-order valence-corrected chi connectivity index (χ1v) is 32.8. The number of alkyl halides is 12. The fraction of sp³-hybridized carbons (Fsp3) is 0.296. The van der Waals surface area contributed by atoms with Crippen molar-refractivity contribution in [3.8, 4) is 79.4 Å². The van der Waals surface area contributed by atoms with E-state index in [1.165, 1.54) is 107 Å². The molecule has 9 aromatic carbocycles. The Labute approximate surface area is 596 Å². The Morgan fingerprint density at radius 2 is 0.610 bits per heavy atom. The van der Waals surface area contributed by atoms with Gasteiger partial charge in [-0.15, -0.1) is 0 Å². The van der Waals surface area contributed by atoms with Gasteiger partial charge in [-0.05, 0) is 211 Å². The molecule has 0 spiro atoms. The SMILES string of the molecule is CC(=O)C(CC(C)C)c1cc(Oc2cc(F)c(F)c(F)c2)cc(-c2ccc(C(F)(F)F)cc2)c1.COc1cc(Oc2cc(-c3ccc(C(F)(F)F)cc3)cc(C(CC(C)C)C(C)=O)c2)ccc1F.COc1ccc(Oc2cc(-c3ccc(C(F)(F)F)cc3)cc(C(CC(C)C)C(C)=O)c2)cc1C(F)(F)F. The Kier molecular flexibility index (Phi) is 27.1. The maximum atomic E-state index is 13.8. The van der Waals surface area contributed by atoms with Crippen molar-refractivity contribution in [2.75, 3.05) is 14.2 Å². The van der Waals surface area contributed by atoms with Crippen molar-refractivity contribution in [2.24, 2.45) is 17.8 Å². The van der Waals surface area contributed by atoms with Crippen LogP contribution in [0.3, 0.4) is 0 Å². The Hall–Kier alpha value is -10.1. The number of hydrogen-bond donors (Lipinski definition) is 0. The first kappa shape index (κ1) is 82.2. The number of hydrogen-bond acceptors (Lipinski definition) is 8. The van der Waals surface area contributed by atoms with Crippen LogP contribution in [-0.4, -0.2) is 31.6 Å². The molecule has 0 aliphatic heterocycles. The van der Waals surface area contributed by atoms with Crippen molar-refractivity contribution in [1.29, 1.82) is 0 Å². The lowest BCUT2D eigenvalue weighted by molar-refractivity contribution is -0.139. The van der Waals surface area contributed by atoms with Gasteiger partial charge in [0.05, 0.1) is 30.9 Å². The monoisotopic (exact) mass is 1480 g/mol. The number of rotatable bonds is 23. The number of ether oxygens (including phenoxy) is 5. The van der Waals surface area contributed by atoms with Crippen LogP contribution in [0.5, 0.6) is 46.0 Å². The third-order valence-corrected chi connectivity index (χ3v) is 16.5. The van der Waals surface area contributed by atoms with Crippen molar-refractivity contribution in [3.63, 3.8) is 0 Å². The van der Waals surface area contributed by atoms with Gasteiger partial charge in [-0.25, -0.2) is 17.6 Å². The van der Waals surface area contributed by atoms with Crippen LogP contribution in [0, 0.1) is 41.0 Å². The first-order chi connectivity index (χ1) is 49.0. The van der Waals surface area contributed by atoms with Crippen molar-refractivity contribution in [2.45, 2.75) is 124 Å². The summed E-state index contributed by atoms with van der Waals surface area (Å²) >= 11 is 0. The summed E-state index contributed by atoms with van der Waals surface area (Å²) in [5, 5.41) is 0. The Morgan fingerprint density at radius 1 is 0.314 bits per heavy atom. The van der Waals surface area contributed by atoms with E-state index in [-0.39, 0.29) is 69.6 Å². The number of benzene rings is 9. The molecule has 9 rings (SSSR count). The van der Waals surface area contributed by atoms with Gasteiger partial charge in [0.2, 0.25) is 0 Å². The van der Waals surface area contributed by atoms with Gasteiger partial charge in [0.25, 0.3) is 0 Å². The number of carbonyl (C=O) groups excluding carboxylic acids is 3. The molecule has 9 aromatic rings. The second kappa shape index (κ2) is 34.6. The molecular formula is C81H74F16O8. The third-order valence-electron chi connectivity index (χ3n) is 16.5. The van der Waals surface area contributed by atoms with E-state index in [0.29, 0.717) is 93.0 Å². The molecule has 558 valence electrons. The Morgan fingerprint density at radius 3 is 0.895 bits per heavy atom. The molecule has 0 radical (unpaired) electrons. The third kappa shape index (κ3) is 22.9. The maximum absolute atomic E-state index is 13.8. The Balaban J connectivity index is 0.000000220. The van der Waals surface area contributed by atoms with Crippen molar-refractivity contribution in [1.82, 2.24) is 0 Å². The van der Waals surface area contributed by atoms with E-state index in [0.717, 1.165) is 55.6 Å². The maximum Gasteiger partial charge on any atom is 0.420 e. The summed E-state index contributed by atoms with van der Waals surface area (Å²) in [7, 11) is 2.47. The minimum Gasteiger partial charge on any atom is -0.496 e. The minimum atomic E-state index is -4.69. The van der Waals surface area contributed by atoms with Crippen LogP contribution < -0.4 is 23.7 Å². The zero-order valence-electron chi connectivity index (χ0n) is 58.6. The smallest absolute Gasteiger partial charge is 0.420 e. The van der Waals surface area contributed by atoms with Gasteiger partial charge in [-0.3, -0.25) is 14.4 Å². The summed E-state index contributed by atoms with van der Waals surface area (Å²) in [6.45, 7) is 16.2. The van der Waals surface area contributed by atoms with E-state index >= 15 is 0 Å². The van der Waals surface area contributed by atoms with E-state index in [9.17, 15) is 84.6 Å². The number of halogens is 16. The molecule has 3 unspecified atom stereocenters. The number of carbonyl (C=O) groups is 3.